The number of likely N-dealkylation sites (N-methyl/N-ethyl adjacent to an activating group) is 1. The van der Waals surface area contributed by atoms with E-state index in [4.69, 9.17) is 16.0 Å². The summed E-state index contributed by atoms with van der Waals surface area (Å²) in [6.07, 6.45) is 4.95. The summed E-state index contributed by atoms with van der Waals surface area (Å²) in [5.74, 6) is 0.735. The molecule has 98 valence electrons. The fourth-order valence-electron chi connectivity index (χ4n) is 2.30. The highest BCUT2D eigenvalue weighted by atomic mass is 35.5. The van der Waals surface area contributed by atoms with Crippen LogP contribution in [0.2, 0.25) is 0 Å². The third-order valence-electron chi connectivity index (χ3n) is 3.18. The number of rotatable bonds is 7. The van der Waals surface area contributed by atoms with Gasteiger partial charge in [0.15, 0.2) is 0 Å². The van der Waals surface area contributed by atoms with Crippen molar-refractivity contribution in [2.75, 3.05) is 12.4 Å². The molecule has 0 saturated carbocycles. The number of hydrogen-bond donors (Lipinski definition) is 1. The number of fused-ring (bicyclic) bond motifs is 1. The highest BCUT2D eigenvalue weighted by Crippen LogP contribution is 2.18. The van der Waals surface area contributed by atoms with Crippen molar-refractivity contribution >= 4 is 22.6 Å². The van der Waals surface area contributed by atoms with Crippen molar-refractivity contribution < 1.29 is 4.42 Å². The normalized spacial score (nSPS) is 13.0. The lowest BCUT2D eigenvalue weighted by Gasteiger charge is -2.17. The van der Waals surface area contributed by atoms with Gasteiger partial charge in [-0.3, -0.25) is 0 Å². The zero-order valence-electron chi connectivity index (χ0n) is 10.8. The number of furan rings is 1. The molecule has 0 fully saturated rings. The van der Waals surface area contributed by atoms with Gasteiger partial charge in [-0.15, -0.1) is 11.6 Å². The number of hydrogen-bond acceptors (Lipinski definition) is 2. The maximum atomic E-state index is 5.77. The first kappa shape index (κ1) is 13.4. The Morgan fingerprint density at radius 2 is 2.22 bits per heavy atom. The summed E-state index contributed by atoms with van der Waals surface area (Å²) < 4.78 is 5.44. The van der Waals surface area contributed by atoms with Gasteiger partial charge in [-0.2, -0.15) is 0 Å². The molecule has 0 aliphatic heterocycles. The van der Waals surface area contributed by atoms with Gasteiger partial charge in [-0.1, -0.05) is 19.1 Å². The molecule has 0 spiro atoms. The summed E-state index contributed by atoms with van der Waals surface area (Å²) >= 11 is 5.77. The van der Waals surface area contributed by atoms with Crippen LogP contribution in [-0.2, 0) is 6.42 Å². The van der Waals surface area contributed by atoms with E-state index in [-0.39, 0.29) is 0 Å². The molecule has 0 radical (unpaired) electrons. The molecule has 1 unspecified atom stereocenters. The topological polar surface area (TPSA) is 25.2 Å². The molecule has 0 amide bonds. The Kier molecular flexibility index (Phi) is 5.09. The van der Waals surface area contributed by atoms with Crippen LogP contribution in [0.25, 0.3) is 11.0 Å². The monoisotopic (exact) mass is 265 g/mol. The van der Waals surface area contributed by atoms with Crippen LogP contribution in [0.1, 0.15) is 25.3 Å². The van der Waals surface area contributed by atoms with Crippen molar-refractivity contribution in [1.82, 2.24) is 5.32 Å². The SMILES string of the molecule is CCNC(CCCCl)Cc1ccc2ccoc2c1. The van der Waals surface area contributed by atoms with Crippen LogP contribution in [0.5, 0.6) is 0 Å². The molecule has 2 rings (SSSR count). The Bertz CT molecular complexity index is 480. The van der Waals surface area contributed by atoms with Crippen molar-refractivity contribution in [2.45, 2.75) is 32.2 Å². The van der Waals surface area contributed by atoms with Crippen LogP contribution in [0, 0.1) is 0 Å². The Morgan fingerprint density at radius 3 is 3.00 bits per heavy atom. The van der Waals surface area contributed by atoms with Crippen LogP contribution in [0.3, 0.4) is 0 Å². The minimum absolute atomic E-state index is 0.501. The average molecular weight is 266 g/mol. The summed E-state index contributed by atoms with van der Waals surface area (Å²) in [7, 11) is 0. The summed E-state index contributed by atoms with van der Waals surface area (Å²) in [5.41, 5.74) is 2.29. The standard InChI is InChI=1S/C15H20ClNO/c1-2-17-14(4-3-8-16)10-12-5-6-13-7-9-18-15(13)11-12/h5-7,9,11,14,17H,2-4,8,10H2,1H3. The van der Waals surface area contributed by atoms with E-state index in [0.29, 0.717) is 6.04 Å². The zero-order chi connectivity index (χ0) is 12.8. The summed E-state index contributed by atoms with van der Waals surface area (Å²) in [6.45, 7) is 3.14. The van der Waals surface area contributed by atoms with Crippen LogP contribution < -0.4 is 5.32 Å². The minimum atomic E-state index is 0.501. The van der Waals surface area contributed by atoms with E-state index in [0.717, 1.165) is 37.3 Å². The van der Waals surface area contributed by atoms with Crippen LogP contribution >= 0.6 is 11.6 Å². The summed E-state index contributed by atoms with van der Waals surface area (Å²) in [6, 6.07) is 8.94. The molecular weight excluding hydrogens is 246 g/mol. The van der Waals surface area contributed by atoms with Gasteiger partial charge in [0.2, 0.25) is 0 Å². The predicted octanol–water partition coefficient (Wildman–Crippen LogP) is 3.97. The van der Waals surface area contributed by atoms with Gasteiger partial charge in [0.1, 0.15) is 5.58 Å². The van der Waals surface area contributed by atoms with E-state index in [1.54, 1.807) is 6.26 Å². The first-order valence-corrected chi connectivity index (χ1v) is 7.12. The van der Waals surface area contributed by atoms with Gasteiger partial charge in [-0.25, -0.2) is 0 Å². The molecule has 2 aromatic rings. The molecule has 0 aliphatic rings. The molecule has 1 aromatic carbocycles. The van der Waals surface area contributed by atoms with Crippen molar-refractivity contribution in [3.05, 3.63) is 36.1 Å². The fraction of sp³-hybridized carbons (Fsp3) is 0.467. The molecule has 1 aromatic heterocycles. The van der Waals surface area contributed by atoms with Gasteiger partial charge in [-0.05, 0) is 43.5 Å². The van der Waals surface area contributed by atoms with E-state index in [1.807, 2.05) is 6.07 Å². The first-order valence-electron chi connectivity index (χ1n) is 6.59. The average Bonchev–Trinajstić information content (AvgIpc) is 2.83. The van der Waals surface area contributed by atoms with Crippen molar-refractivity contribution in [3.8, 4) is 0 Å². The maximum Gasteiger partial charge on any atom is 0.134 e. The summed E-state index contributed by atoms with van der Waals surface area (Å²) in [5, 5.41) is 4.68. The highest BCUT2D eigenvalue weighted by Gasteiger charge is 2.09. The maximum absolute atomic E-state index is 5.77. The molecule has 0 saturated heterocycles. The zero-order valence-corrected chi connectivity index (χ0v) is 11.5. The third-order valence-corrected chi connectivity index (χ3v) is 3.45. The first-order chi connectivity index (χ1) is 8.83. The summed E-state index contributed by atoms with van der Waals surface area (Å²) in [4.78, 5) is 0. The molecule has 1 heterocycles. The number of halogens is 1. The number of benzene rings is 1. The third kappa shape index (κ3) is 3.50. The fourth-order valence-corrected chi connectivity index (χ4v) is 2.45. The van der Waals surface area contributed by atoms with E-state index in [9.17, 15) is 0 Å². The Morgan fingerprint density at radius 1 is 1.33 bits per heavy atom. The second-order valence-corrected chi connectivity index (χ2v) is 4.96. The lowest BCUT2D eigenvalue weighted by Crippen LogP contribution is -2.31. The Balaban J connectivity index is 2.04. The lowest BCUT2D eigenvalue weighted by molar-refractivity contribution is 0.486. The Hall–Kier alpha value is -0.990. The van der Waals surface area contributed by atoms with Crippen molar-refractivity contribution in [3.63, 3.8) is 0 Å². The molecule has 1 N–H and O–H groups in total. The second kappa shape index (κ2) is 6.81. The Labute approximate surface area is 113 Å². The number of nitrogens with one attached hydrogen (secondary N) is 1. The van der Waals surface area contributed by atoms with Gasteiger partial charge >= 0.3 is 0 Å². The van der Waals surface area contributed by atoms with Gasteiger partial charge < -0.3 is 9.73 Å². The van der Waals surface area contributed by atoms with Crippen molar-refractivity contribution in [1.29, 1.82) is 0 Å². The predicted molar refractivity (Wildman–Crippen MR) is 77.3 cm³/mol. The molecule has 0 aliphatic carbocycles. The highest BCUT2D eigenvalue weighted by molar-refractivity contribution is 6.17. The van der Waals surface area contributed by atoms with E-state index in [1.165, 1.54) is 10.9 Å². The van der Waals surface area contributed by atoms with Crippen LogP contribution in [-0.4, -0.2) is 18.5 Å². The molecule has 1 atom stereocenters. The van der Waals surface area contributed by atoms with Gasteiger partial charge in [0.25, 0.3) is 0 Å². The van der Waals surface area contributed by atoms with E-state index in [2.05, 4.69) is 30.4 Å². The van der Waals surface area contributed by atoms with E-state index >= 15 is 0 Å². The van der Waals surface area contributed by atoms with Gasteiger partial charge in [0, 0.05) is 17.3 Å². The van der Waals surface area contributed by atoms with E-state index < -0.39 is 0 Å². The molecular formula is C15H20ClNO. The molecule has 3 heteroatoms. The second-order valence-electron chi connectivity index (χ2n) is 4.58. The molecule has 0 bridgehead atoms. The lowest BCUT2D eigenvalue weighted by atomic mass is 10.0. The number of alkyl halides is 1. The smallest absolute Gasteiger partial charge is 0.134 e. The molecule has 18 heavy (non-hydrogen) atoms. The quantitative estimate of drug-likeness (QED) is 0.767. The minimum Gasteiger partial charge on any atom is -0.464 e. The largest absolute Gasteiger partial charge is 0.464 e. The van der Waals surface area contributed by atoms with Crippen molar-refractivity contribution in [2.24, 2.45) is 0 Å². The van der Waals surface area contributed by atoms with Crippen LogP contribution in [0.15, 0.2) is 34.9 Å². The van der Waals surface area contributed by atoms with Crippen LogP contribution in [0.4, 0.5) is 0 Å². The van der Waals surface area contributed by atoms with Gasteiger partial charge in [0.05, 0.1) is 6.26 Å². The molecule has 2 nitrogen and oxygen atoms in total.